The van der Waals surface area contributed by atoms with Crippen molar-refractivity contribution in [1.82, 2.24) is 4.98 Å². The van der Waals surface area contributed by atoms with E-state index in [1.54, 1.807) is 25.3 Å². The molecule has 4 aromatic rings. The summed E-state index contributed by atoms with van der Waals surface area (Å²) in [5, 5.41) is 1.98. The lowest BCUT2D eigenvalue weighted by Gasteiger charge is -2.26. The van der Waals surface area contributed by atoms with Crippen LogP contribution in [0.1, 0.15) is 45.9 Å². The Balaban J connectivity index is 1.57. The maximum Gasteiger partial charge on any atom is 0.573 e. The Morgan fingerprint density at radius 1 is 1.02 bits per heavy atom. The molecule has 0 N–H and O–H groups in total. The number of methoxy groups -OCH3 is 2. The van der Waals surface area contributed by atoms with Gasteiger partial charge in [-0.15, -0.1) is 13.2 Å². The number of carbonyl (C=O) groups is 1. The second kappa shape index (κ2) is 11.3. The van der Waals surface area contributed by atoms with Gasteiger partial charge in [0.05, 0.1) is 32.0 Å². The monoisotopic (exact) mass is 568 g/mol. The molecular weight excluding hydrogens is 541 g/mol. The average molecular weight is 569 g/mol. The van der Waals surface area contributed by atoms with Gasteiger partial charge in [0.15, 0.2) is 11.6 Å². The lowest BCUT2D eigenvalue weighted by Crippen LogP contribution is -2.18. The summed E-state index contributed by atoms with van der Waals surface area (Å²) in [5.41, 5.74) is 2.97. The predicted octanol–water partition coefficient (Wildman–Crippen LogP) is 7.83. The highest BCUT2D eigenvalue weighted by molar-refractivity contribution is 8.00. The van der Waals surface area contributed by atoms with Gasteiger partial charge < -0.3 is 14.2 Å². The molecule has 3 aromatic carbocycles. The molecule has 1 aromatic heterocycles. The minimum Gasteiger partial charge on any atom is -0.492 e. The second-order valence-electron chi connectivity index (χ2n) is 9.46. The van der Waals surface area contributed by atoms with E-state index < -0.39 is 12.3 Å². The van der Waals surface area contributed by atoms with Crippen molar-refractivity contribution in [2.24, 2.45) is 0 Å². The average Bonchev–Trinajstić information content (AvgIpc) is 3.77. The minimum atomic E-state index is -4.76. The molecule has 0 saturated heterocycles. The molecule has 40 heavy (non-hydrogen) atoms. The third-order valence-electron chi connectivity index (χ3n) is 6.58. The number of rotatable bonds is 9. The Morgan fingerprint density at radius 3 is 2.33 bits per heavy atom. The maximum absolute atomic E-state index is 12.7. The van der Waals surface area contributed by atoms with Crippen molar-refractivity contribution in [2.75, 3.05) is 18.5 Å². The van der Waals surface area contributed by atoms with Crippen molar-refractivity contribution in [2.45, 2.75) is 43.5 Å². The lowest BCUT2D eigenvalue weighted by atomic mass is 10.1. The third-order valence-corrected chi connectivity index (χ3v) is 7.57. The molecule has 1 fully saturated rings. The standard InChI is InChI=1S/C30H27F3N2O4S/c1-18-16-22(14-15-23(18)29(36)38-3)40-35(17-19-8-12-21(13-9-19)39-30(31,32)33)28-27(37-2)25-7-5-4-6-24(25)26(34-28)20-10-11-20/h4-9,12-16,20H,10-11,17H2,1-3H3. The quantitative estimate of drug-likeness (QED) is 0.151. The van der Waals surface area contributed by atoms with E-state index in [2.05, 4.69) is 4.74 Å². The molecule has 0 amide bonds. The SMILES string of the molecule is COC(=O)c1ccc(SN(Cc2ccc(OC(F)(F)F)cc2)c2nc(C3CC3)c3ccccc3c2OC)cc1C. The number of nitrogens with zero attached hydrogens (tertiary/aromatic N) is 2. The number of hydrogen-bond donors (Lipinski definition) is 0. The smallest absolute Gasteiger partial charge is 0.492 e. The van der Waals surface area contributed by atoms with E-state index in [-0.39, 0.29) is 5.75 Å². The van der Waals surface area contributed by atoms with Crippen molar-refractivity contribution in [1.29, 1.82) is 0 Å². The highest BCUT2D eigenvalue weighted by atomic mass is 32.2. The van der Waals surface area contributed by atoms with Crippen LogP contribution < -0.4 is 13.8 Å². The Morgan fingerprint density at radius 2 is 1.73 bits per heavy atom. The number of ether oxygens (including phenoxy) is 3. The molecule has 0 unspecified atom stereocenters. The van der Waals surface area contributed by atoms with Crippen LogP contribution in [0, 0.1) is 6.92 Å². The first-order valence-corrected chi connectivity index (χ1v) is 13.4. The van der Waals surface area contributed by atoms with Crippen molar-refractivity contribution < 1.29 is 32.2 Å². The first-order chi connectivity index (χ1) is 19.2. The number of fused-ring (bicyclic) bond motifs is 1. The fourth-order valence-electron chi connectivity index (χ4n) is 4.56. The molecular formula is C30H27F3N2O4S. The third kappa shape index (κ3) is 6.12. The van der Waals surface area contributed by atoms with Crippen molar-refractivity contribution in [3.8, 4) is 11.5 Å². The molecule has 1 aliphatic rings. The Labute approximate surface area is 234 Å². The number of hydrogen-bond acceptors (Lipinski definition) is 7. The fraction of sp³-hybridized carbons (Fsp3) is 0.267. The zero-order valence-corrected chi connectivity index (χ0v) is 22.9. The van der Waals surface area contributed by atoms with Crippen LogP contribution in [-0.2, 0) is 11.3 Å². The molecule has 1 aliphatic carbocycles. The van der Waals surface area contributed by atoms with Gasteiger partial charge in [-0.05, 0) is 73.2 Å². The highest BCUT2D eigenvalue weighted by Crippen LogP contribution is 2.47. The van der Waals surface area contributed by atoms with Crippen LogP contribution in [0.4, 0.5) is 19.0 Å². The number of pyridine rings is 1. The molecule has 0 bridgehead atoms. The molecule has 1 saturated carbocycles. The number of esters is 1. The molecule has 1 heterocycles. The molecule has 0 radical (unpaired) electrons. The number of carbonyl (C=O) groups excluding carboxylic acids is 1. The van der Waals surface area contributed by atoms with Gasteiger partial charge in [0.1, 0.15) is 5.75 Å². The molecule has 5 rings (SSSR count). The Kier molecular flexibility index (Phi) is 7.80. The number of aromatic nitrogens is 1. The molecule has 0 spiro atoms. The van der Waals surface area contributed by atoms with Crippen LogP contribution in [0.2, 0.25) is 0 Å². The fourth-order valence-corrected chi connectivity index (χ4v) is 5.60. The number of anilines is 1. The van der Waals surface area contributed by atoms with E-state index >= 15 is 0 Å². The number of aryl methyl sites for hydroxylation is 1. The largest absolute Gasteiger partial charge is 0.573 e. The van der Waals surface area contributed by atoms with Crippen LogP contribution in [0.25, 0.3) is 10.8 Å². The normalized spacial score (nSPS) is 13.2. The van der Waals surface area contributed by atoms with Crippen LogP contribution in [0.3, 0.4) is 0 Å². The zero-order chi connectivity index (χ0) is 28.4. The summed E-state index contributed by atoms with van der Waals surface area (Å²) in [6.07, 6.45) is -2.64. The summed E-state index contributed by atoms with van der Waals surface area (Å²) < 4.78 is 54.8. The summed E-state index contributed by atoms with van der Waals surface area (Å²) >= 11 is 1.40. The van der Waals surface area contributed by atoms with Gasteiger partial charge in [0.25, 0.3) is 0 Å². The van der Waals surface area contributed by atoms with Gasteiger partial charge in [-0.1, -0.05) is 36.4 Å². The van der Waals surface area contributed by atoms with E-state index in [0.717, 1.165) is 45.3 Å². The van der Waals surface area contributed by atoms with Crippen molar-refractivity contribution in [3.63, 3.8) is 0 Å². The van der Waals surface area contributed by atoms with Gasteiger partial charge in [0.2, 0.25) is 0 Å². The summed E-state index contributed by atoms with van der Waals surface area (Å²) in [4.78, 5) is 18.1. The first kappa shape index (κ1) is 27.6. The highest BCUT2D eigenvalue weighted by Gasteiger charge is 2.32. The molecule has 0 aliphatic heterocycles. The first-order valence-electron chi connectivity index (χ1n) is 12.6. The van der Waals surface area contributed by atoms with Gasteiger partial charge in [-0.2, -0.15) is 0 Å². The second-order valence-corrected chi connectivity index (χ2v) is 10.6. The molecule has 0 atom stereocenters. The predicted molar refractivity (Wildman–Crippen MR) is 148 cm³/mol. The maximum atomic E-state index is 12.7. The van der Waals surface area contributed by atoms with Crippen molar-refractivity contribution >= 4 is 34.5 Å². The Bertz CT molecular complexity index is 1540. The van der Waals surface area contributed by atoms with E-state index in [9.17, 15) is 18.0 Å². The number of benzene rings is 3. The van der Waals surface area contributed by atoms with Gasteiger partial charge >= 0.3 is 12.3 Å². The lowest BCUT2D eigenvalue weighted by molar-refractivity contribution is -0.274. The molecule has 208 valence electrons. The molecule has 10 heteroatoms. The Hall–Kier alpha value is -3.92. The van der Waals surface area contributed by atoms with E-state index in [1.807, 2.05) is 47.6 Å². The summed E-state index contributed by atoms with van der Waals surface area (Å²) in [6, 6.07) is 19.2. The zero-order valence-electron chi connectivity index (χ0n) is 22.1. The van der Waals surface area contributed by atoms with Gasteiger partial charge in [0, 0.05) is 21.6 Å². The summed E-state index contributed by atoms with van der Waals surface area (Å²) in [7, 11) is 2.94. The van der Waals surface area contributed by atoms with Crippen LogP contribution >= 0.6 is 11.9 Å². The van der Waals surface area contributed by atoms with E-state index in [0.29, 0.717) is 29.6 Å². The topological polar surface area (TPSA) is 60.9 Å². The van der Waals surface area contributed by atoms with E-state index in [4.69, 9.17) is 14.5 Å². The van der Waals surface area contributed by atoms with Crippen LogP contribution in [-0.4, -0.2) is 31.5 Å². The van der Waals surface area contributed by atoms with Gasteiger partial charge in [-0.3, -0.25) is 4.31 Å². The van der Waals surface area contributed by atoms with Gasteiger partial charge in [-0.25, -0.2) is 9.78 Å². The van der Waals surface area contributed by atoms with Crippen LogP contribution in [0.15, 0.2) is 71.6 Å². The van der Waals surface area contributed by atoms with Crippen LogP contribution in [0.5, 0.6) is 11.5 Å². The summed E-state index contributed by atoms with van der Waals surface area (Å²) in [5.74, 6) is 0.869. The van der Waals surface area contributed by atoms with Crippen molar-refractivity contribution in [3.05, 3.63) is 89.1 Å². The number of alkyl halides is 3. The van der Waals surface area contributed by atoms with E-state index in [1.165, 1.54) is 31.2 Å². The minimum absolute atomic E-state index is 0.290. The molecule has 6 nitrogen and oxygen atoms in total. The number of halogens is 3. The summed E-state index contributed by atoms with van der Waals surface area (Å²) in [6.45, 7) is 2.14.